The molecular weight excluding hydrogens is 188 g/mol. The van der Waals surface area contributed by atoms with Gasteiger partial charge in [0, 0.05) is 18.8 Å². The van der Waals surface area contributed by atoms with Crippen molar-refractivity contribution in [1.82, 2.24) is 20.3 Å². The molecular formula is C11H22N4. The van der Waals surface area contributed by atoms with Crippen LogP contribution in [0, 0.1) is 0 Å². The van der Waals surface area contributed by atoms with Gasteiger partial charge in [0.25, 0.3) is 0 Å². The minimum Gasteiger partial charge on any atom is -0.312 e. The van der Waals surface area contributed by atoms with Gasteiger partial charge in [0.05, 0.1) is 12.7 Å². The standard InChI is InChI=1S/C11H22N4/c1-3-5-6-11(4-2)12-7-9-15-10-8-13-14-15/h8,10-12H,3-7,9H2,1-2H3. The lowest BCUT2D eigenvalue weighted by Crippen LogP contribution is -2.31. The molecule has 86 valence electrons. The highest BCUT2D eigenvalue weighted by Gasteiger charge is 2.03. The van der Waals surface area contributed by atoms with Gasteiger partial charge < -0.3 is 5.32 Å². The van der Waals surface area contributed by atoms with Crippen LogP contribution in [0.4, 0.5) is 0 Å². The topological polar surface area (TPSA) is 42.7 Å². The van der Waals surface area contributed by atoms with E-state index in [4.69, 9.17) is 0 Å². The average molecular weight is 210 g/mol. The molecule has 0 saturated heterocycles. The molecule has 0 aromatic carbocycles. The fourth-order valence-electron chi connectivity index (χ4n) is 1.64. The van der Waals surface area contributed by atoms with Gasteiger partial charge in [0.15, 0.2) is 0 Å². The van der Waals surface area contributed by atoms with Crippen LogP contribution < -0.4 is 5.32 Å². The quantitative estimate of drug-likeness (QED) is 0.712. The zero-order valence-electron chi connectivity index (χ0n) is 9.82. The molecule has 0 spiro atoms. The molecule has 4 nitrogen and oxygen atoms in total. The van der Waals surface area contributed by atoms with Gasteiger partial charge >= 0.3 is 0 Å². The highest BCUT2D eigenvalue weighted by Crippen LogP contribution is 2.03. The smallest absolute Gasteiger partial charge is 0.0692 e. The predicted molar refractivity (Wildman–Crippen MR) is 61.6 cm³/mol. The minimum atomic E-state index is 0.661. The zero-order chi connectivity index (χ0) is 10.9. The van der Waals surface area contributed by atoms with E-state index in [0.29, 0.717) is 6.04 Å². The first kappa shape index (κ1) is 12.2. The maximum atomic E-state index is 3.93. The molecule has 0 saturated carbocycles. The van der Waals surface area contributed by atoms with Gasteiger partial charge in [-0.1, -0.05) is 31.9 Å². The summed E-state index contributed by atoms with van der Waals surface area (Å²) in [5, 5.41) is 11.3. The summed E-state index contributed by atoms with van der Waals surface area (Å²) >= 11 is 0. The van der Waals surface area contributed by atoms with E-state index in [1.54, 1.807) is 6.20 Å². The minimum absolute atomic E-state index is 0.661. The first-order valence-corrected chi connectivity index (χ1v) is 5.94. The molecule has 1 unspecified atom stereocenters. The van der Waals surface area contributed by atoms with Crippen LogP contribution in [-0.4, -0.2) is 27.6 Å². The molecule has 0 radical (unpaired) electrons. The van der Waals surface area contributed by atoms with Crippen molar-refractivity contribution in [3.63, 3.8) is 0 Å². The Balaban J connectivity index is 2.11. The highest BCUT2D eigenvalue weighted by atomic mass is 15.4. The number of rotatable bonds is 8. The molecule has 0 bridgehead atoms. The second kappa shape index (κ2) is 7.40. The van der Waals surface area contributed by atoms with Crippen molar-refractivity contribution < 1.29 is 0 Å². The van der Waals surface area contributed by atoms with Gasteiger partial charge in [0.2, 0.25) is 0 Å². The van der Waals surface area contributed by atoms with E-state index >= 15 is 0 Å². The number of hydrogen-bond acceptors (Lipinski definition) is 3. The molecule has 1 aromatic heterocycles. The molecule has 4 heteroatoms. The first-order chi connectivity index (χ1) is 7.36. The van der Waals surface area contributed by atoms with Crippen LogP contribution in [0.2, 0.25) is 0 Å². The van der Waals surface area contributed by atoms with Crippen molar-refractivity contribution in [2.75, 3.05) is 6.54 Å². The van der Waals surface area contributed by atoms with Crippen molar-refractivity contribution in [1.29, 1.82) is 0 Å². The van der Waals surface area contributed by atoms with Crippen molar-refractivity contribution in [2.45, 2.75) is 52.1 Å². The van der Waals surface area contributed by atoms with Crippen LogP contribution in [0.5, 0.6) is 0 Å². The number of unbranched alkanes of at least 4 members (excludes halogenated alkanes) is 1. The summed E-state index contributed by atoms with van der Waals surface area (Å²) in [6.45, 7) is 6.36. The molecule has 1 heterocycles. The molecule has 0 aliphatic heterocycles. The number of aromatic nitrogens is 3. The number of nitrogens with one attached hydrogen (secondary N) is 1. The second-order valence-electron chi connectivity index (χ2n) is 3.87. The third-order valence-electron chi connectivity index (χ3n) is 2.64. The van der Waals surface area contributed by atoms with Crippen molar-refractivity contribution in [2.24, 2.45) is 0 Å². The summed E-state index contributed by atoms with van der Waals surface area (Å²) in [5.74, 6) is 0. The normalized spacial score (nSPS) is 12.9. The largest absolute Gasteiger partial charge is 0.312 e. The van der Waals surface area contributed by atoms with E-state index in [1.165, 1.54) is 25.7 Å². The number of hydrogen-bond donors (Lipinski definition) is 1. The van der Waals surface area contributed by atoms with Gasteiger partial charge in [0.1, 0.15) is 0 Å². The monoisotopic (exact) mass is 210 g/mol. The van der Waals surface area contributed by atoms with Gasteiger partial charge in [-0.25, -0.2) is 0 Å². The lowest BCUT2D eigenvalue weighted by Gasteiger charge is -2.16. The van der Waals surface area contributed by atoms with Crippen LogP contribution in [0.25, 0.3) is 0 Å². The van der Waals surface area contributed by atoms with Crippen molar-refractivity contribution in [3.8, 4) is 0 Å². The lowest BCUT2D eigenvalue weighted by molar-refractivity contribution is 0.429. The van der Waals surface area contributed by atoms with Gasteiger partial charge in [-0.15, -0.1) is 5.10 Å². The lowest BCUT2D eigenvalue weighted by atomic mass is 10.1. The van der Waals surface area contributed by atoms with Crippen LogP contribution in [0.15, 0.2) is 12.4 Å². The third kappa shape index (κ3) is 4.93. The summed E-state index contributed by atoms with van der Waals surface area (Å²) in [7, 11) is 0. The third-order valence-corrected chi connectivity index (χ3v) is 2.64. The molecule has 15 heavy (non-hydrogen) atoms. The molecule has 1 N–H and O–H groups in total. The Labute approximate surface area is 92.1 Å². The zero-order valence-corrected chi connectivity index (χ0v) is 9.82. The molecule has 0 aliphatic rings. The maximum absolute atomic E-state index is 3.93. The Morgan fingerprint density at radius 2 is 2.27 bits per heavy atom. The summed E-state index contributed by atoms with van der Waals surface area (Å²) < 4.78 is 1.86. The van der Waals surface area contributed by atoms with Gasteiger partial charge in [-0.05, 0) is 12.8 Å². The summed E-state index contributed by atoms with van der Waals surface area (Å²) in [6, 6.07) is 0.661. The van der Waals surface area contributed by atoms with E-state index in [2.05, 4.69) is 29.5 Å². The molecule has 1 aromatic rings. The Bertz CT molecular complexity index is 233. The van der Waals surface area contributed by atoms with E-state index in [1.807, 2.05) is 10.9 Å². The van der Waals surface area contributed by atoms with Crippen LogP contribution in [0.3, 0.4) is 0 Å². The Morgan fingerprint density at radius 1 is 1.40 bits per heavy atom. The van der Waals surface area contributed by atoms with E-state index in [-0.39, 0.29) is 0 Å². The fraction of sp³-hybridized carbons (Fsp3) is 0.818. The maximum Gasteiger partial charge on any atom is 0.0692 e. The first-order valence-electron chi connectivity index (χ1n) is 5.94. The molecule has 0 amide bonds. The van der Waals surface area contributed by atoms with Gasteiger partial charge in [-0.2, -0.15) is 0 Å². The Morgan fingerprint density at radius 3 is 2.87 bits per heavy atom. The number of nitrogens with zero attached hydrogens (tertiary/aromatic N) is 3. The average Bonchev–Trinajstić information content (AvgIpc) is 2.76. The summed E-state index contributed by atoms with van der Waals surface area (Å²) in [4.78, 5) is 0. The predicted octanol–water partition coefficient (Wildman–Crippen LogP) is 1.84. The van der Waals surface area contributed by atoms with Crippen LogP contribution >= 0.6 is 0 Å². The van der Waals surface area contributed by atoms with Crippen molar-refractivity contribution >= 4 is 0 Å². The highest BCUT2D eigenvalue weighted by molar-refractivity contribution is 4.67. The van der Waals surface area contributed by atoms with Crippen LogP contribution in [-0.2, 0) is 6.54 Å². The van der Waals surface area contributed by atoms with E-state index < -0.39 is 0 Å². The molecule has 0 aliphatic carbocycles. The van der Waals surface area contributed by atoms with E-state index in [9.17, 15) is 0 Å². The van der Waals surface area contributed by atoms with E-state index in [0.717, 1.165) is 13.1 Å². The Kier molecular flexibility index (Phi) is 6.00. The van der Waals surface area contributed by atoms with Crippen molar-refractivity contribution in [3.05, 3.63) is 12.4 Å². The molecule has 0 fully saturated rings. The summed E-state index contributed by atoms with van der Waals surface area (Å²) in [6.07, 6.45) is 8.70. The molecule has 1 rings (SSSR count). The Hall–Kier alpha value is -0.900. The van der Waals surface area contributed by atoms with Crippen LogP contribution in [0.1, 0.15) is 39.5 Å². The SMILES string of the molecule is CCCCC(CC)NCCn1ccnn1. The summed E-state index contributed by atoms with van der Waals surface area (Å²) in [5.41, 5.74) is 0. The molecule has 1 atom stereocenters. The van der Waals surface area contributed by atoms with Gasteiger partial charge in [-0.3, -0.25) is 4.68 Å². The fourth-order valence-corrected chi connectivity index (χ4v) is 1.64. The second-order valence-corrected chi connectivity index (χ2v) is 3.87.